The molecule has 0 unspecified atom stereocenters. The first-order valence-corrected chi connectivity index (χ1v) is 9.63. The molecule has 0 bridgehead atoms. The first-order valence-electron chi connectivity index (χ1n) is 8.43. The summed E-state index contributed by atoms with van der Waals surface area (Å²) in [5.74, 6) is 0.189. The van der Waals surface area contributed by atoms with Crippen LogP contribution in [0.1, 0.15) is 21.7 Å². The van der Waals surface area contributed by atoms with Gasteiger partial charge in [0, 0.05) is 24.5 Å². The third-order valence-corrected chi connectivity index (χ3v) is 5.86. The van der Waals surface area contributed by atoms with Crippen LogP contribution in [0, 0.1) is 6.92 Å². The summed E-state index contributed by atoms with van der Waals surface area (Å²) in [6.45, 7) is 2.36. The van der Waals surface area contributed by atoms with E-state index in [9.17, 15) is 4.79 Å². The Hall–Kier alpha value is -2.70. The number of halogens is 1. The zero-order valence-electron chi connectivity index (χ0n) is 14.9. The van der Waals surface area contributed by atoms with E-state index in [4.69, 9.17) is 16.6 Å². The molecule has 27 heavy (non-hydrogen) atoms. The Balaban J connectivity index is 1.81. The van der Waals surface area contributed by atoms with Crippen LogP contribution >= 0.6 is 22.9 Å². The second kappa shape index (κ2) is 7.13. The van der Waals surface area contributed by atoms with Gasteiger partial charge in [0.1, 0.15) is 0 Å². The summed E-state index contributed by atoms with van der Waals surface area (Å²) in [5, 5.41) is 1.30. The Morgan fingerprint density at radius 3 is 2.70 bits per heavy atom. The summed E-state index contributed by atoms with van der Waals surface area (Å²) in [6.07, 6.45) is 3.38. The first-order chi connectivity index (χ1) is 13.0. The highest BCUT2D eigenvalue weighted by atomic mass is 35.5. The second-order valence-electron chi connectivity index (χ2n) is 6.25. The number of benzene rings is 2. The Bertz CT molecular complexity index is 1120. The first kappa shape index (κ1) is 17.7. The van der Waals surface area contributed by atoms with Crippen molar-refractivity contribution in [3.05, 3.63) is 76.8 Å². The van der Waals surface area contributed by atoms with E-state index in [0.29, 0.717) is 22.5 Å². The van der Waals surface area contributed by atoms with Crippen LogP contribution in [0.5, 0.6) is 0 Å². The number of aryl methyl sites for hydroxylation is 2. The average Bonchev–Trinajstić information content (AvgIpc) is 3.30. The number of amides is 1. The topological polar surface area (TPSA) is 51.0 Å². The standard InChI is InChI=1S/C20H17ClN4OS/c1-13-15(21)8-9-16-17(13)23-20(27-16)25(12-14-6-4-3-5-7-14)19(26)18-22-10-11-24(18)2/h3-11H,12H2,1-2H3. The Morgan fingerprint density at radius 1 is 1.22 bits per heavy atom. The van der Waals surface area contributed by atoms with E-state index < -0.39 is 0 Å². The van der Waals surface area contributed by atoms with Crippen molar-refractivity contribution in [3.63, 3.8) is 0 Å². The van der Waals surface area contributed by atoms with Gasteiger partial charge in [0.25, 0.3) is 5.91 Å². The lowest BCUT2D eigenvalue weighted by molar-refractivity contribution is 0.0972. The zero-order valence-corrected chi connectivity index (χ0v) is 16.5. The predicted octanol–water partition coefficient (Wildman–Crippen LogP) is 4.84. The van der Waals surface area contributed by atoms with Crippen LogP contribution < -0.4 is 4.90 Å². The van der Waals surface area contributed by atoms with E-state index in [0.717, 1.165) is 21.3 Å². The minimum atomic E-state index is -0.186. The molecular weight excluding hydrogens is 380 g/mol. The Kier molecular flexibility index (Phi) is 4.68. The number of hydrogen-bond donors (Lipinski definition) is 0. The molecule has 2 aromatic carbocycles. The number of carbonyl (C=O) groups excluding carboxylic acids is 1. The molecular formula is C20H17ClN4OS. The highest BCUT2D eigenvalue weighted by Gasteiger charge is 2.25. The number of aromatic nitrogens is 3. The molecule has 0 aliphatic carbocycles. The van der Waals surface area contributed by atoms with E-state index in [1.165, 1.54) is 11.3 Å². The van der Waals surface area contributed by atoms with Gasteiger partial charge in [-0.2, -0.15) is 0 Å². The molecule has 0 saturated heterocycles. The van der Waals surface area contributed by atoms with Gasteiger partial charge in [-0.25, -0.2) is 9.97 Å². The summed E-state index contributed by atoms with van der Waals surface area (Å²) in [7, 11) is 1.81. The molecule has 0 radical (unpaired) electrons. The van der Waals surface area contributed by atoms with Gasteiger partial charge >= 0.3 is 0 Å². The molecule has 0 fully saturated rings. The molecule has 0 aliphatic rings. The van der Waals surface area contributed by atoms with E-state index >= 15 is 0 Å². The van der Waals surface area contributed by atoms with Crippen molar-refractivity contribution in [2.45, 2.75) is 13.5 Å². The summed E-state index contributed by atoms with van der Waals surface area (Å²) in [4.78, 5) is 23.9. The number of thiazole rings is 1. The minimum absolute atomic E-state index is 0.186. The van der Waals surface area contributed by atoms with Gasteiger partial charge in [-0.1, -0.05) is 53.3 Å². The van der Waals surface area contributed by atoms with Crippen LogP contribution in [0.25, 0.3) is 10.2 Å². The molecule has 4 aromatic rings. The van der Waals surface area contributed by atoms with Crippen LogP contribution in [0.3, 0.4) is 0 Å². The van der Waals surface area contributed by atoms with Crippen LogP contribution in [-0.4, -0.2) is 20.4 Å². The highest BCUT2D eigenvalue weighted by Crippen LogP contribution is 2.34. The van der Waals surface area contributed by atoms with Crippen molar-refractivity contribution in [2.24, 2.45) is 7.05 Å². The average molecular weight is 397 g/mol. The summed E-state index contributed by atoms with van der Waals surface area (Å²) < 4.78 is 2.72. The molecule has 0 atom stereocenters. The number of hydrogen-bond acceptors (Lipinski definition) is 4. The van der Waals surface area contributed by atoms with Gasteiger partial charge < -0.3 is 4.57 Å². The number of nitrogens with zero attached hydrogens (tertiary/aromatic N) is 4. The molecule has 4 rings (SSSR count). The van der Waals surface area contributed by atoms with Gasteiger partial charge in [-0.3, -0.25) is 9.69 Å². The molecule has 136 valence electrons. The number of rotatable bonds is 4. The normalized spacial score (nSPS) is 11.1. The minimum Gasteiger partial charge on any atom is -0.330 e. The molecule has 7 heteroatoms. The molecule has 2 heterocycles. The smallest absolute Gasteiger partial charge is 0.296 e. The lowest BCUT2D eigenvalue weighted by Gasteiger charge is -2.19. The van der Waals surface area contributed by atoms with E-state index in [1.54, 1.807) is 21.9 Å². The van der Waals surface area contributed by atoms with Crippen LogP contribution in [0.15, 0.2) is 54.9 Å². The molecule has 1 amide bonds. The van der Waals surface area contributed by atoms with Gasteiger partial charge in [0.05, 0.1) is 16.8 Å². The fraction of sp³-hybridized carbons (Fsp3) is 0.150. The summed E-state index contributed by atoms with van der Waals surface area (Å²) >= 11 is 7.72. The van der Waals surface area contributed by atoms with Crippen molar-refractivity contribution in [3.8, 4) is 0 Å². The van der Waals surface area contributed by atoms with Crippen LogP contribution in [0.4, 0.5) is 5.13 Å². The zero-order chi connectivity index (χ0) is 19.0. The van der Waals surface area contributed by atoms with Gasteiger partial charge in [0.2, 0.25) is 0 Å². The molecule has 2 aromatic heterocycles. The predicted molar refractivity (Wildman–Crippen MR) is 110 cm³/mol. The van der Waals surface area contributed by atoms with Crippen molar-refractivity contribution < 1.29 is 4.79 Å². The van der Waals surface area contributed by atoms with Crippen LogP contribution in [-0.2, 0) is 13.6 Å². The van der Waals surface area contributed by atoms with E-state index in [-0.39, 0.29) is 5.91 Å². The summed E-state index contributed by atoms with van der Waals surface area (Å²) in [6, 6.07) is 13.7. The number of imidazole rings is 1. The van der Waals surface area contributed by atoms with Crippen molar-refractivity contribution in [2.75, 3.05) is 4.90 Å². The van der Waals surface area contributed by atoms with Crippen molar-refractivity contribution in [1.29, 1.82) is 0 Å². The fourth-order valence-electron chi connectivity index (χ4n) is 2.89. The fourth-order valence-corrected chi connectivity index (χ4v) is 4.06. The maximum Gasteiger partial charge on any atom is 0.296 e. The monoisotopic (exact) mass is 396 g/mol. The second-order valence-corrected chi connectivity index (χ2v) is 7.67. The number of fused-ring (bicyclic) bond motifs is 1. The molecule has 0 spiro atoms. The number of anilines is 1. The molecule has 5 nitrogen and oxygen atoms in total. The SMILES string of the molecule is Cc1c(Cl)ccc2sc(N(Cc3ccccc3)C(=O)c3nccn3C)nc12. The quantitative estimate of drug-likeness (QED) is 0.496. The van der Waals surface area contributed by atoms with Gasteiger partial charge in [-0.15, -0.1) is 0 Å². The van der Waals surface area contributed by atoms with Crippen molar-refractivity contribution in [1.82, 2.24) is 14.5 Å². The lowest BCUT2D eigenvalue weighted by Crippen LogP contribution is -2.32. The third kappa shape index (κ3) is 3.34. The largest absolute Gasteiger partial charge is 0.330 e. The number of carbonyl (C=O) groups is 1. The lowest BCUT2D eigenvalue weighted by atomic mass is 10.2. The molecule has 0 aliphatic heterocycles. The van der Waals surface area contributed by atoms with E-state index in [2.05, 4.69) is 4.98 Å². The summed E-state index contributed by atoms with van der Waals surface area (Å²) in [5.41, 5.74) is 2.77. The highest BCUT2D eigenvalue weighted by molar-refractivity contribution is 7.22. The Labute approximate surface area is 165 Å². The molecule has 0 saturated carbocycles. The molecule has 0 N–H and O–H groups in total. The third-order valence-electron chi connectivity index (χ3n) is 4.41. The van der Waals surface area contributed by atoms with E-state index in [1.807, 2.05) is 56.4 Å². The van der Waals surface area contributed by atoms with Gasteiger partial charge in [0.15, 0.2) is 11.0 Å². The Morgan fingerprint density at radius 2 is 2.00 bits per heavy atom. The maximum atomic E-state index is 13.2. The van der Waals surface area contributed by atoms with Gasteiger partial charge in [-0.05, 0) is 30.2 Å². The van der Waals surface area contributed by atoms with Crippen molar-refractivity contribution >= 4 is 44.2 Å². The van der Waals surface area contributed by atoms with Crippen LogP contribution in [0.2, 0.25) is 5.02 Å². The maximum absolute atomic E-state index is 13.2.